The van der Waals surface area contributed by atoms with Gasteiger partial charge in [-0.25, -0.2) is 8.42 Å². The van der Waals surface area contributed by atoms with Crippen LogP contribution >= 0.6 is 0 Å². The van der Waals surface area contributed by atoms with E-state index in [9.17, 15) is 8.42 Å². The van der Waals surface area contributed by atoms with E-state index in [4.69, 9.17) is 0 Å². The molecule has 0 saturated heterocycles. The van der Waals surface area contributed by atoms with Crippen molar-refractivity contribution < 1.29 is 8.42 Å². The summed E-state index contributed by atoms with van der Waals surface area (Å²) in [5.41, 5.74) is 2.80. The van der Waals surface area contributed by atoms with E-state index in [-0.39, 0.29) is 17.0 Å². The predicted molar refractivity (Wildman–Crippen MR) is 87.4 cm³/mol. The summed E-state index contributed by atoms with van der Waals surface area (Å²) in [6.07, 6.45) is 4.47. The molecular weight excluding hydrogens is 296 g/mol. The Labute approximate surface area is 132 Å². The zero-order chi connectivity index (χ0) is 15.7. The second-order valence-electron chi connectivity index (χ2n) is 6.27. The summed E-state index contributed by atoms with van der Waals surface area (Å²) in [4.78, 5) is 0. The van der Waals surface area contributed by atoms with Crippen molar-refractivity contribution in [3.8, 4) is 0 Å². The lowest BCUT2D eigenvalue weighted by Crippen LogP contribution is -2.20. The number of hydrogen-bond donors (Lipinski definition) is 0. The summed E-state index contributed by atoms with van der Waals surface area (Å²) < 4.78 is 27.5. The number of nitrogens with zero attached hydrogens (tertiary/aromatic N) is 2. The van der Waals surface area contributed by atoms with E-state index < -0.39 is 9.84 Å². The normalized spacial score (nSPS) is 18.4. The molecule has 2 aromatic rings. The molecule has 1 aliphatic carbocycles. The highest BCUT2D eigenvalue weighted by molar-refractivity contribution is 7.90. The van der Waals surface area contributed by atoms with Gasteiger partial charge >= 0.3 is 0 Å². The summed E-state index contributed by atoms with van der Waals surface area (Å²) in [5.74, 6) is 0.0196. The summed E-state index contributed by atoms with van der Waals surface area (Å²) >= 11 is 0. The summed E-state index contributed by atoms with van der Waals surface area (Å²) in [7, 11) is -3.24. The highest BCUT2D eigenvalue weighted by Crippen LogP contribution is 2.36. The molecule has 22 heavy (non-hydrogen) atoms. The summed E-state index contributed by atoms with van der Waals surface area (Å²) in [5, 5.41) is 4.00. The Kier molecular flexibility index (Phi) is 4.08. The maximum Gasteiger partial charge on any atom is 0.163 e. The Hall–Kier alpha value is -1.62. The number of hydrogen-bond acceptors (Lipinski definition) is 3. The Bertz CT molecular complexity index is 762. The van der Waals surface area contributed by atoms with Crippen molar-refractivity contribution in [1.29, 1.82) is 0 Å². The van der Waals surface area contributed by atoms with Crippen LogP contribution in [0.15, 0.2) is 36.5 Å². The van der Waals surface area contributed by atoms with Gasteiger partial charge < -0.3 is 0 Å². The van der Waals surface area contributed by atoms with E-state index in [0.717, 1.165) is 18.4 Å². The van der Waals surface area contributed by atoms with Gasteiger partial charge in [-0.1, -0.05) is 24.3 Å². The van der Waals surface area contributed by atoms with Crippen molar-refractivity contribution in [3.63, 3.8) is 0 Å². The zero-order valence-electron chi connectivity index (χ0n) is 13.1. The molecule has 1 aliphatic rings. The fourth-order valence-electron chi connectivity index (χ4n) is 3.13. The van der Waals surface area contributed by atoms with Crippen molar-refractivity contribution >= 4 is 9.84 Å². The van der Waals surface area contributed by atoms with Crippen molar-refractivity contribution in [2.75, 3.05) is 0 Å². The molecule has 1 aromatic heterocycles. The summed E-state index contributed by atoms with van der Waals surface area (Å²) in [6, 6.07) is 9.98. The smallest absolute Gasteiger partial charge is 0.163 e. The predicted octanol–water partition coefficient (Wildman–Crippen LogP) is 3.46. The first-order valence-electron chi connectivity index (χ1n) is 7.81. The third-order valence-electron chi connectivity index (χ3n) is 4.29. The van der Waals surface area contributed by atoms with Crippen LogP contribution in [0.2, 0.25) is 0 Å². The average Bonchev–Trinajstić information content (AvgIpc) is 2.94. The second kappa shape index (κ2) is 5.88. The van der Waals surface area contributed by atoms with Crippen molar-refractivity contribution in [2.45, 2.75) is 50.2 Å². The van der Waals surface area contributed by atoms with Crippen molar-refractivity contribution in [2.24, 2.45) is 0 Å². The van der Waals surface area contributed by atoms with Crippen molar-refractivity contribution in [3.05, 3.63) is 53.3 Å². The van der Waals surface area contributed by atoms with Crippen LogP contribution < -0.4 is 0 Å². The first-order valence-corrected chi connectivity index (χ1v) is 9.52. The number of sulfone groups is 1. The van der Waals surface area contributed by atoms with E-state index in [2.05, 4.69) is 5.10 Å². The molecule has 0 fully saturated rings. The monoisotopic (exact) mass is 318 g/mol. The molecule has 5 heteroatoms. The molecule has 1 atom stereocenters. The van der Waals surface area contributed by atoms with Gasteiger partial charge in [0.15, 0.2) is 9.84 Å². The van der Waals surface area contributed by atoms with Crippen LogP contribution in [0.5, 0.6) is 0 Å². The third-order valence-corrected chi connectivity index (χ3v) is 6.34. The minimum atomic E-state index is -3.24. The molecule has 4 nitrogen and oxygen atoms in total. The number of aryl methyl sites for hydroxylation is 1. The standard InChI is InChI=1S/C17H22N2O2S/c1-13(2)19-11-10-15(18-19)12-22(20,21)17-9-5-7-14-6-3-4-8-16(14)17/h3-4,6,8,10-11,13,17H,5,7,9,12H2,1-2H3. The van der Waals surface area contributed by atoms with Crippen LogP contribution in [-0.2, 0) is 22.0 Å². The molecule has 0 radical (unpaired) electrons. The minimum absolute atomic E-state index is 0.0196. The lowest BCUT2D eigenvalue weighted by Gasteiger charge is -2.25. The maximum atomic E-state index is 12.8. The fraction of sp³-hybridized carbons (Fsp3) is 0.471. The molecule has 118 valence electrons. The highest BCUT2D eigenvalue weighted by atomic mass is 32.2. The van der Waals surface area contributed by atoms with Crippen LogP contribution in [0.25, 0.3) is 0 Å². The topological polar surface area (TPSA) is 52.0 Å². The fourth-order valence-corrected chi connectivity index (χ4v) is 5.04. The molecule has 3 rings (SSSR count). The van der Waals surface area contributed by atoms with Gasteiger partial charge in [-0.3, -0.25) is 4.68 Å². The zero-order valence-corrected chi connectivity index (χ0v) is 13.9. The van der Waals surface area contributed by atoms with E-state index in [1.165, 1.54) is 5.56 Å². The molecule has 0 aliphatic heterocycles. The number of rotatable bonds is 4. The highest BCUT2D eigenvalue weighted by Gasteiger charge is 2.31. The van der Waals surface area contributed by atoms with Gasteiger partial charge in [0.1, 0.15) is 0 Å². The van der Waals surface area contributed by atoms with Gasteiger partial charge in [-0.15, -0.1) is 0 Å². The van der Waals surface area contributed by atoms with Gasteiger partial charge in [0.2, 0.25) is 0 Å². The van der Waals surface area contributed by atoms with E-state index in [1.807, 2.05) is 50.4 Å². The number of benzene rings is 1. The van der Waals surface area contributed by atoms with Gasteiger partial charge in [0.05, 0.1) is 16.7 Å². The molecular formula is C17H22N2O2S. The first-order chi connectivity index (χ1) is 10.5. The Balaban J connectivity index is 1.87. The molecule has 0 saturated carbocycles. The molecule has 1 aromatic carbocycles. The van der Waals surface area contributed by atoms with Gasteiger partial charge in [-0.2, -0.15) is 5.10 Å². The SMILES string of the molecule is CC(C)n1ccc(CS(=O)(=O)C2CCCc3ccccc32)n1. The van der Waals surface area contributed by atoms with Gasteiger partial charge in [-0.05, 0) is 50.3 Å². The third kappa shape index (κ3) is 2.95. The van der Waals surface area contributed by atoms with Gasteiger partial charge in [0.25, 0.3) is 0 Å². The van der Waals surface area contributed by atoms with Crippen LogP contribution in [0.3, 0.4) is 0 Å². The first kappa shape index (κ1) is 15.3. The van der Waals surface area contributed by atoms with Crippen LogP contribution in [0.4, 0.5) is 0 Å². The number of aromatic nitrogens is 2. The second-order valence-corrected chi connectivity index (χ2v) is 8.45. The molecule has 0 bridgehead atoms. The quantitative estimate of drug-likeness (QED) is 0.867. The molecule has 0 spiro atoms. The Morgan fingerprint density at radius 1 is 1.27 bits per heavy atom. The van der Waals surface area contributed by atoms with E-state index in [1.54, 1.807) is 4.68 Å². The molecule has 1 heterocycles. The molecule has 1 unspecified atom stereocenters. The lowest BCUT2D eigenvalue weighted by atomic mass is 9.91. The summed E-state index contributed by atoms with van der Waals surface area (Å²) in [6.45, 7) is 4.06. The number of fused-ring (bicyclic) bond motifs is 1. The van der Waals surface area contributed by atoms with Crippen molar-refractivity contribution in [1.82, 2.24) is 9.78 Å². The van der Waals surface area contributed by atoms with Crippen LogP contribution in [0.1, 0.15) is 54.8 Å². The van der Waals surface area contributed by atoms with E-state index in [0.29, 0.717) is 12.1 Å². The maximum absolute atomic E-state index is 12.8. The van der Waals surface area contributed by atoms with Gasteiger partial charge in [0, 0.05) is 12.2 Å². The minimum Gasteiger partial charge on any atom is -0.270 e. The molecule has 0 amide bonds. The Morgan fingerprint density at radius 3 is 2.77 bits per heavy atom. The van der Waals surface area contributed by atoms with Crippen LogP contribution in [-0.4, -0.2) is 18.2 Å². The largest absolute Gasteiger partial charge is 0.270 e. The lowest BCUT2D eigenvalue weighted by molar-refractivity contribution is 0.526. The molecule has 0 N–H and O–H groups in total. The average molecular weight is 318 g/mol. The van der Waals surface area contributed by atoms with Crippen LogP contribution in [0, 0.1) is 0 Å². The Morgan fingerprint density at radius 2 is 2.05 bits per heavy atom. The van der Waals surface area contributed by atoms with E-state index >= 15 is 0 Å².